The SMILES string of the molecule is COc1ccc(Cn2cnnc2-c2nc(C(=O)NCc3ccc(OC)cc3OC)cc3c2cnn3C)cc1. The van der Waals surface area contributed by atoms with Gasteiger partial charge in [-0.1, -0.05) is 12.1 Å². The third kappa shape index (κ3) is 4.85. The van der Waals surface area contributed by atoms with Gasteiger partial charge in [-0.15, -0.1) is 10.2 Å². The summed E-state index contributed by atoms with van der Waals surface area (Å²) in [5.74, 6) is 2.26. The molecule has 0 atom stereocenters. The summed E-state index contributed by atoms with van der Waals surface area (Å²) in [6, 6.07) is 14.9. The quantitative estimate of drug-likeness (QED) is 0.319. The molecule has 38 heavy (non-hydrogen) atoms. The minimum atomic E-state index is -0.339. The monoisotopic (exact) mass is 513 g/mol. The first-order valence-corrected chi connectivity index (χ1v) is 11.8. The van der Waals surface area contributed by atoms with Crippen LogP contribution < -0.4 is 19.5 Å². The molecule has 0 aliphatic heterocycles. The smallest absolute Gasteiger partial charge is 0.270 e. The number of nitrogens with zero attached hydrogens (tertiary/aromatic N) is 6. The van der Waals surface area contributed by atoms with E-state index in [1.54, 1.807) is 50.7 Å². The Morgan fingerprint density at radius 3 is 2.47 bits per heavy atom. The van der Waals surface area contributed by atoms with Crippen molar-refractivity contribution in [3.63, 3.8) is 0 Å². The molecule has 0 aliphatic rings. The molecule has 11 heteroatoms. The van der Waals surface area contributed by atoms with Crippen molar-refractivity contribution in [3.8, 4) is 28.8 Å². The Hall–Kier alpha value is -4.93. The van der Waals surface area contributed by atoms with E-state index in [0.29, 0.717) is 29.6 Å². The van der Waals surface area contributed by atoms with E-state index in [9.17, 15) is 4.79 Å². The molecule has 194 valence electrons. The number of ether oxygens (including phenoxy) is 3. The summed E-state index contributed by atoms with van der Waals surface area (Å²) in [6.45, 7) is 0.767. The number of aryl methyl sites for hydroxylation is 1. The van der Waals surface area contributed by atoms with Crippen molar-refractivity contribution in [2.45, 2.75) is 13.1 Å². The Labute approximate surface area is 219 Å². The van der Waals surface area contributed by atoms with E-state index in [4.69, 9.17) is 19.2 Å². The Morgan fingerprint density at radius 1 is 0.974 bits per heavy atom. The first-order valence-electron chi connectivity index (χ1n) is 11.8. The van der Waals surface area contributed by atoms with E-state index in [1.165, 1.54) is 0 Å². The fourth-order valence-electron chi connectivity index (χ4n) is 4.18. The molecule has 5 aromatic rings. The minimum absolute atomic E-state index is 0.238. The van der Waals surface area contributed by atoms with Crippen molar-refractivity contribution < 1.29 is 19.0 Å². The van der Waals surface area contributed by atoms with Crippen LogP contribution in [0.5, 0.6) is 17.2 Å². The minimum Gasteiger partial charge on any atom is -0.497 e. The van der Waals surface area contributed by atoms with Crippen LogP contribution in [0.4, 0.5) is 0 Å². The molecule has 3 aromatic heterocycles. The van der Waals surface area contributed by atoms with Crippen molar-refractivity contribution >= 4 is 16.8 Å². The van der Waals surface area contributed by atoms with E-state index in [0.717, 1.165) is 27.8 Å². The van der Waals surface area contributed by atoms with Gasteiger partial charge >= 0.3 is 0 Å². The molecular formula is C27H27N7O4. The topological polar surface area (TPSA) is 118 Å². The summed E-state index contributed by atoms with van der Waals surface area (Å²) >= 11 is 0. The maximum atomic E-state index is 13.3. The lowest BCUT2D eigenvalue weighted by Crippen LogP contribution is -2.24. The lowest BCUT2D eigenvalue weighted by molar-refractivity contribution is 0.0946. The molecular weight excluding hydrogens is 486 g/mol. The molecule has 0 saturated carbocycles. The molecule has 0 fully saturated rings. The van der Waals surface area contributed by atoms with Crippen molar-refractivity contribution in [2.24, 2.45) is 7.05 Å². The van der Waals surface area contributed by atoms with Gasteiger partial charge in [0.15, 0.2) is 5.82 Å². The second kappa shape index (κ2) is 10.6. The summed E-state index contributed by atoms with van der Waals surface area (Å²) in [6.07, 6.45) is 3.36. The summed E-state index contributed by atoms with van der Waals surface area (Å²) < 4.78 is 19.5. The van der Waals surface area contributed by atoms with E-state index < -0.39 is 0 Å². The third-order valence-corrected chi connectivity index (χ3v) is 6.25. The maximum Gasteiger partial charge on any atom is 0.270 e. The molecule has 2 aromatic carbocycles. The second-order valence-electron chi connectivity index (χ2n) is 8.55. The van der Waals surface area contributed by atoms with Gasteiger partial charge in [-0.2, -0.15) is 5.10 Å². The van der Waals surface area contributed by atoms with Crippen molar-refractivity contribution in [2.75, 3.05) is 21.3 Å². The summed E-state index contributed by atoms with van der Waals surface area (Å²) in [7, 11) is 6.62. The number of hydrogen-bond donors (Lipinski definition) is 1. The number of methoxy groups -OCH3 is 3. The van der Waals surface area contributed by atoms with E-state index in [2.05, 4.69) is 20.6 Å². The van der Waals surface area contributed by atoms with Crippen molar-refractivity contribution in [1.29, 1.82) is 0 Å². The van der Waals surface area contributed by atoms with Crippen LogP contribution in [0.25, 0.3) is 22.4 Å². The first kappa shape index (κ1) is 24.8. The highest BCUT2D eigenvalue weighted by Crippen LogP contribution is 2.28. The van der Waals surface area contributed by atoms with Gasteiger partial charge in [-0.25, -0.2) is 4.98 Å². The predicted octanol–water partition coefficient (Wildman–Crippen LogP) is 3.23. The van der Waals surface area contributed by atoms with Gasteiger partial charge in [-0.05, 0) is 35.9 Å². The normalized spacial score (nSPS) is 10.9. The standard InChI is InChI=1S/C27H27N7O4/c1-33-23-12-22(27(35)28-13-18-7-10-20(37-3)11-24(18)38-4)31-25(21(23)14-30-33)26-32-29-16-34(26)15-17-5-8-19(36-2)9-6-17/h5-12,14,16H,13,15H2,1-4H3,(H,28,35). The van der Waals surface area contributed by atoms with E-state index in [1.807, 2.05) is 48.0 Å². The number of nitrogens with one attached hydrogen (secondary N) is 1. The van der Waals surface area contributed by atoms with Crippen LogP contribution in [0, 0.1) is 0 Å². The molecule has 3 heterocycles. The number of pyridine rings is 1. The number of amides is 1. The summed E-state index contributed by atoms with van der Waals surface area (Å²) in [5, 5.41) is 16.5. The zero-order valence-electron chi connectivity index (χ0n) is 21.5. The fraction of sp³-hybridized carbons (Fsp3) is 0.222. The number of rotatable bonds is 9. The average Bonchev–Trinajstić information content (AvgIpc) is 3.57. The number of hydrogen-bond acceptors (Lipinski definition) is 8. The summed E-state index contributed by atoms with van der Waals surface area (Å²) in [5.41, 5.74) is 3.36. The highest BCUT2D eigenvalue weighted by Gasteiger charge is 2.20. The van der Waals surface area contributed by atoms with Crippen molar-refractivity contribution in [3.05, 3.63) is 77.9 Å². The zero-order chi connectivity index (χ0) is 26.6. The summed E-state index contributed by atoms with van der Waals surface area (Å²) in [4.78, 5) is 18.0. The van der Waals surface area contributed by atoms with Gasteiger partial charge in [0, 0.05) is 30.6 Å². The van der Waals surface area contributed by atoms with E-state index in [-0.39, 0.29) is 18.1 Å². The number of carbonyl (C=O) groups is 1. The maximum absolute atomic E-state index is 13.3. The highest BCUT2D eigenvalue weighted by molar-refractivity contribution is 5.99. The number of aromatic nitrogens is 6. The molecule has 5 rings (SSSR count). The zero-order valence-corrected chi connectivity index (χ0v) is 21.5. The van der Waals surface area contributed by atoms with Gasteiger partial charge in [0.05, 0.1) is 39.6 Å². The molecule has 0 saturated heterocycles. The molecule has 11 nitrogen and oxygen atoms in total. The lowest BCUT2D eigenvalue weighted by Gasteiger charge is -2.12. The number of benzene rings is 2. The molecule has 0 radical (unpaired) electrons. The van der Waals surface area contributed by atoms with Crippen LogP contribution in [0.1, 0.15) is 21.6 Å². The number of fused-ring (bicyclic) bond motifs is 1. The first-order chi connectivity index (χ1) is 18.5. The van der Waals surface area contributed by atoms with Gasteiger partial charge in [0.25, 0.3) is 5.91 Å². The van der Waals surface area contributed by atoms with Gasteiger partial charge < -0.3 is 24.1 Å². The molecule has 0 aliphatic carbocycles. The van der Waals surface area contributed by atoms with Crippen LogP contribution in [0.2, 0.25) is 0 Å². The molecule has 1 N–H and O–H groups in total. The Bertz CT molecular complexity index is 1590. The van der Waals surface area contributed by atoms with Crippen molar-refractivity contribution in [1.82, 2.24) is 34.8 Å². The highest BCUT2D eigenvalue weighted by atomic mass is 16.5. The van der Waals surface area contributed by atoms with E-state index >= 15 is 0 Å². The third-order valence-electron chi connectivity index (χ3n) is 6.25. The predicted molar refractivity (Wildman–Crippen MR) is 140 cm³/mol. The largest absolute Gasteiger partial charge is 0.497 e. The van der Waals surface area contributed by atoms with Crippen LogP contribution in [-0.4, -0.2) is 56.8 Å². The fourth-order valence-corrected chi connectivity index (χ4v) is 4.18. The molecule has 0 spiro atoms. The van der Waals surface area contributed by atoms with Gasteiger partial charge in [0.1, 0.15) is 35.0 Å². The van der Waals surface area contributed by atoms with Gasteiger partial charge in [0.2, 0.25) is 0 Å². The molecule has 0 unspecified atom stereocenters. The Kier molecular flexibility index (Phi) is 6.90. The number of carbonyl (C=O) groups excluding carboxylic acids is 1. The van der Waals surface area contributed by atoms with Crippen LogP contribution in [0.15, 0.2) is 61.1 Å². The van der Waals surface area contributed by atoms with Crippen LogP contribution in [0.3, 0.4) is 0 Å². The van der Waals surface area contributed by atoms with Crippen LogP contribution in [-0.2, 0) is 20.1 Å². The Morgan fingerprint density at radius 2 is 1.74 bits per heavy atom. The average molecular weight is 514 g/mol. The molecule has 0 bridgehead atoms. The second-order valence-corrected chi connectivity index (χ2v) is 8.55. The van der Waals surface area contributed by atoms with Crippen LogP contribution >= 0.6 is 0 Å². The lowest BCUT2D eigenvalue weighted by atomic mass is 10.1. The molecule has 1 amide bonds. The Balaban J connectivity index is 1.45. The van der Waals surface area contributed by atoms with Gasteiger partial charge in [-0.3, -0.25) is 9.48 Å².